The molecule has 3 atom stereocenters. The number of carbonyl (C=O) groups excluding carboxylic acids is 2. The fourth-order valence-corrected chi connectivity index (χ4v) is 4.69. The Morgan fingerprint density at radius 3 is 2.59 bits per heavy atom. The standard InChI is InChI=1S/C27H35F3N4O3/c1-4-5-24(35)23(15-32-14-18-7-6-16(2)10-17(18)3)34-9-8-22(26(34)37)33-25(36)19-11-20(27(28,29)30)13-21(31)12-19/h6-7,10-13,22-24,32,35H,4-5,8-9,14-15,31H2,1-3H3,(H,33,36)/t22-,23-,24-/m0/s1. The molecule has 0 bridgehead atoms. The number of anilines is 1. The summed E-state index contributed by atoms with van der Waals surface area (Å²) in [6.45, 7) is 7.23. The predicted octanol–water partition coefficient (Wildman–Crippen LogP) is 3.55. The normalized spacial score (nSPS) is 17.6. The highest BCUT2D eigenvalue weighted by Gasteiger charge is 2.39. The fourth-order valence-electron chi connectivity index (χ4n) is 4.69. The van der Waals surface area contributed by atoms with Crippen molar-refractivity contribution in [2.45, 2.75) is 70.9 Å². The van der Waals surface area contributed by atoms with Crippen LogP contribution in [0.4, 0.5) is 18.9 Å². The topological polar surface area (TPSA) is 108 Å². The van der Waals surface area contributed by atoms with Gasteiger partial charge in [0.25, 0.3) is 5.91 Å². The Morgan fingerprint density at radius 1 is 1.22 bits per heavy atom. The number of alkyl halides is 3. The molecule has 10 heteroatoms. The first-order chi connectivity index (χ1) is 17.4. The SMILES string of the molecule is CCC[C@H](O)[C@H](CNCc1ccc(C)cc1C)N1CC[C@H](NC(=O)c2cc(N)cc(C(F)(F)F)c2)C1=O. The number of halogens is 3. The van der Waals surface area contributed by atoms with Crippen molar-refractivity contribution in [2.24, 2.45) is 0 Å². The van der Waals surface area contributed by atoms with E-state index in [1.807, 2.05) is 32.9 Å². The van der Waals surface area contributed by atoms with Crippen LogP contribution in [-0.2, 0) is 17.5 Å². The first-order valence-corrected chi connectivity index (χ1v) is 12.4. The lowest BCUT2D eigenvalue weighted by Gasteiger charge is -2.32. The molecule has 3 rings (SSSR count). The Kier molecular flexibility index (Phi) is 9.20. The fraction of sp³-hybridized carbons (Fsp3) is 0.481. The zero-order valence-corrected chi connectivity index (χ0v) is 21.4. The van der Waals surface area contributed by atoms with Crippen molar-refractivity contribution in [2.75, 3.05) is 18.8 Å². The van der Waals surface area contributed by atoms with Gasteiger partial charge in [0.15, 0.2) is 0 Å². The smallest absolute Gasteiger partial charge is 0.399 e. The average Bonchev–Trinajstić information content (AvgIpc) is 3.16. The van der Waals surface area contributed by atoms with Crippen LogP contribution >= 0.6 is 0 Å². The van der Waals surface area contributed by atoms with Gasteiger partial charge >= 0.3 is 6.18 Å². The predicted molar refractivity (Wildman–Crippen MR) is 136 cm³/mol. The number of nitrogen functional groups attached to an aromatic ring is 1. The van der Waals surface area contributed by atoms with Crippen molar-refractivity contribution in [3.8, 4) is 0 Å². The van der Waals surface area contributed by atoms with Crippen LogP contribution in [0.25, 0.3) is 0 Å². The number of nitrogens with one attached hydrogen (secondary N) is 2. The van der Waals surface area contributed by atoms with E-state index >= 15 is 0 Å². The highest BCUT2D eigenvalue weighted by Crippen LogP contribution is 2.31. The number of rotatable bonds is 10. The van der Waals surface area contributed by atoms with Crippen molar-refractivity contribution < 1.29 is 27.9 Å². The highest BCUT2D eigenvalue weighted by molar-refractivity contribution is 5.98. The van der Waals surface area contributed by atoms with Crippen LogP contribution in [0.5, 0.6) is 0 Å². The van der Waals surface area contributed by atoms with Crippen molar-refractivity contribution in [3.05, 3.63) is 64.2 Å². The minimum atomic E-state index is -4.66. The summed E-state index contributed by atoms with van der Waals surface area (Å²) in [6.07, 6.45) is -3.91. The van der Waals surface area contributed by atoms with E-state index in [4.69, 9.17) is 5.73 Å². The second kappa shape index (κ2) is 12.0. The zero-order valence-electron chi connectivity index (χ0n) is 21.4. The molecule has 0 spiro atoms. The Balaban J connectivity index is 1.68. The minimum absolute atomic E-state index is 0.197. The molecule has 1 aliphatic heterocycles. The van der Waals surface area contributed by atoms with Gasteiger partial charge in [0, 0.05) is 30.9 Å². The molecule has 0 unspecified atom stereocenters. The van der Waals surface area contributed by atoms with E-state index in [1.54, 1.807) is 4.90 Å². The molecular formula is C27H35F3N4O3. The molecule has 0 aromatic heterocycles. The minimum Gasteiger partial charge on any atom is -0.399 e. The van der Waals surface area contributed by atoms with Crippen LogP contribution in [0.1, 0.15) is 58.8 Å². The van der Waals surface area contributed by atoms with Crippen LogP contribution in [0.15, 0.2) is 36.4 Å². The number of hydrogen-bond donors (Lipinski definition) is 4. The number of benzene rings is 2. The van der Waals surface area contributed by atoms with E-state index in [0.29, 0.717) is 32.1 Å². The molecule has 37 heavy (non-hydrogen) atoms. The molecule has 2 amide bonds. The summed E-state index contributed by atoms with van der Waals surface area (Å²) < 4.78 is 39.4. The van der Waals surface area contributed by atoms with Gasteiger partial charge in [0.2, 0.25) is 5.91 Å². The van der Waals surface area contributed by atoms with Gasteiger partial charge in [0.1, 0.15) is 6.04 Å². The quantitative estimate of drug-likeness (QED) is 0.359. The molecule has 7 nitrogen and oxygen atoms in total. The number of nitrogens with two attached hydrogens (primary N) is 1. The number of aliphatic hydroxyl groups excluding tert-OH is 1. The molecule has 1 aliphatic rings. The van der Waals surface area contributed by atoms with Crippen molar-refractivity contribution in [3.63, 3.8) is 0 Å². The molecule has 2 aromatic rings. The summed E-state index contributed by atoms with van der Waals surface area (Å²) in [5.41, 5.74) is 7.50. The van der Waals surface area contributed by atoms with Crippen molar-refractivity contribution in [1.29, 1.82) is 0 Å². The van der Waals surface area contributed by atoms with Gasteiger partial charge < -0.3 is 26.4 Å². The van der Waals surface area contributed by atoms with Crippen molar-refractivity contribution in [1.82, 2.24) is 15.5 Å². The lowest BCUT2D eigenvalue weighted by atomic mass is 10.0. The van der Waals surface area contributed by atoms with Gasteiger partial charge in [-0.25, -0.2) is 0 Å². The first-order valence-electron chi connectivity index (χ1n) is 12.4. The summed E-state index contributed by atoms with van der Waals surface area (Å²) in [6, 6.07) is 7.37. The summed E-state index contributed by atoms with van der Waals surface area (Å²) in [5.74, 6) is -1.18. The number of aliphatic hydroxyl groups is 1. The molecule has 5 N–H and O–H groups in total. The average molecular weight is 521 g/mol. The maximum absolute atomic E-state index is 13.2. The van der Waals surface area contributed by atoms with E-state index in [0.717, 1.165) is 29.7 Å². The number of aryl methyl sites for hydroxylation is 2. The first kappa shape index (κ1) is 28.5. The Hall–Kier alpha value is -3.11. The second-order valence-electron chi connectivity index (χ2n) is 9.67. The Labute approximate surface area is 215 Å². The van der Waals surface area contributed by atoms with Gasteiger partial charge in [-0.2, -0.15) is 13.2 Å². The largest absolute Gasteiger partial charge is 0.416 e. The van der Waals surface area contributed by atoms with Gasteiger partial charge in [-0.3, -0.25) is 9.59 Å². The van der Waals surface area contributed by atoms with Crippen LogP contribution in [0.3, 0.4) is 0 Å². The van der Waals surface area contributed by atoms with Crippen LogP contribution in [0, 0.1) is 13.8 Å². The highest BCUT2D eigenvalue weighted by atomic mass is 19.4. The van der Waals surface area contributed by atoms with Gasteiger partial charge in [-0.1, -0.05) is 37.1 Å². The zero-order chi connectivity index (χ0) is 27.3. The van der Waals surface area contributed by atoms with Crippen LogP contribution in [-0.4, -0.2) is 53.1 Å². The van der Waals surface area contributed by atoms with E-state index in [1.165, 1.54) is 5.56 Å². The third kappa shape index (κ3) is 7.23. The third-order valence-corrected chi connectivity index (χ3v) is 6.69. The summed E-state index contributed by atoms with van der Waals surface area (Å²) in [5, 5.41) is 16.7. The van der Waals surface area contributed by atoms with E-state index < -0.39 is 35.8 Å². The molecule has 0 saturated carbocycles. The van der Waals surface area contributed by atoms with E-state index in [2.05, 4.69) is 16.7 Å². The molecular weight excluding hydrogens is 485 g/mol. The van der Waals surface area contributed by atoms with E-state index in [9.17, 15) is 27.9 Å². The molecule has 202 valence electrons. The molecule has 2 aromatic carbocycles. The number of amides is 2. The Bertz CT molecular complexity index is 1120. The van der Waals surface area contributed by atoms with Crippen molar-refractivity contribution >= 4 is 17.5 Å². The molecule has 1 fully saturated rings. The summed E-state index contributed by atoms with van der Waals surface area (Å²) in [7, 11) is 0. The van der Waals surface area contributed by atoms with Crippen LogP contribution < -0.4 is 16.4 Å². The monoisotopic (exact) mass is 520 g/mol. The Morgan fingerprint density at radius 2 is 1.95 bits per heavy atom. The lowest BCUT2D eigenvalue weighted by Crippen LogP contribution is -2.52. The molecule has 0 aliphatic carbocycles. The van der Waals surface area contributed by atoms with Gasteiger partial charge in [-0.15, -0.1) is 0 Å². The number of likely N-dealkylation sites (tertiary alicyclic amines) is 1. The lowest BCUT2D eigenvalue weighted by molar-refractivity contribution is -0.137. The summed E-state index contributed by atoms with van der Waals surface area (Å²) >= 11 is 0. The van der Waals surface area contributed by atoms with Gasteiger partial charge in [-0.05, 0) is 56.0 Å². The molecule has 1 saturated heterocycles. The summed E-state index contributed by atoms with van der Waals surface area (Å²) in [4.78, 5) is 27.5. The molecule has 0 radical (unpaired) electrons. The third-order valence-electron chi connectivity index (χ3n) is 6.69. The van der Waals surface area contributed by atoms with Gasteiger partial charge in [0.05, 0.1) is 17.7 Å². The number of hydrogen-bond acceptors (Lipinski definition) is 5. The maximum atomic E-state index is 13.2. The molecule has 1 heterocycles. The van der Waals surface area contributed by atoms with E-state index in [-0.39, 0.29) is 23.6 Å². The number of nitrogens with zero attached hydrogens (tertiary/aromatic N) is 1. The van der Waals surface area contributed by atoms with Crippen LogP contribution in [0.2, 0.25) is 0 Å². The maximum Gasteiger partial charge on any atom is 0.416 e. The second-order valence-corrected chi connectivity index (χ2v) is 9.67. The number of carbonyl (C=O) groups is 2.